The lowest BCUT2D eigenvalue weighted by molar-refractivity contribution is -0.118. The second kappa shape index (κ2) is 11.0. The molecular formula is C25H27N3O5. The van der Waals surface area contributed by atoms with Gasteiger partial charge in [-0.1, -0.05) is 24.3 Å². The Balaban J connectivity index is 1.64. The van der Waals surface area contributed by atoms with Gasteiger partial charge < -0.3 is 19.5 Å². The van der Waals surface area contributed by atoms with Crippen LogP contribution in [0.3, 0.4) is 0 Å². The summed E-state index contributed by atoms with van der Waals surface area (Å²) in [4.78, 5) is 24.8. The number of hydrogen-bond acceptors (Lipinski definition) is 6. The van der Waals surface area contributed by atoms with Gasteiger partial charge in [-0.2, -0.15) is 5.10 Å². The zero-order valence-corrected chi connectivity index (χ0v) is 19.1. The van der Waals surface area contributed by atoms with Crippen molar-refractivity contribution in [3.63, 3.8) is 0 Å². The highest BCUT2D eigenvalue weighted by molar-refractivity contribution is 6.07. The molecule has 3 rings (SSSR count). The number of carbonyl (C=O) groups excluding carboxylic acids is 2. The summed E-state index contributed by atoms with van der Waals surface area (Å²) in [5.41, 5.74) is 2.58. The molecule has 1 amide bonds. The van der Waals surface area contributed by atoms with Gasteiger partial charge in [-0.25, -0.2) is 0 Å². The van der Waals surface area contributed by atoms with E-state index in [1.165, 1.54) is 20.3 Å². The highest BCUT2D eigenvalue weighted by atomic mass is 16.5. The zero-order valence-electron chi connectivity index (χ0n) is 19.1. The molecule has 0 bridgehead atoms. The minimum Gasteiger partial charge on any atom is -0.495 e. The molecule has 0 aliphatic rings. The summed E-state index contributed by atoms with van der Waals surface area (Å²) in [7, 11) is 3.05. The van der Waals surface area contributed by atoms with Crippen molar-refractivity contribution in [1.82, 2.24) is 9.78 Å². The lowest BCUT2D eigenvalue weighted by Gasteiger charge is -2.13. The molecule has 0 aliphatic heterocycles. The van der Waals surface area contributed by atoms with Gasteiger partial charge in [-0.3, -0.25) is 14.3 Å². The smallest absolute Gasteiger partial charge is 0.262 e. The number of ketones is 1. The number of methoxy groups -OCH3 is 2. The summed E-state index contributed by atoms with van der Waals surface area (Å²) in [6.45, 7) is 4.27. The summed E-state index contributed by atoms with van der Waals surface area (Å²) >= 11 is 0. The minimum absolute atomic E-state index is 0.125. The Morgan fingerprint density at radius 3 is 2.52 bits per heavy atom. The molecular weight excluding hydrogens is 422 g/mol. The van der Waals surface area contributed by atoms with Crippen molar-refractivity contribution in [3.05, 3.63) is 71.6 Å². The standard InChI is InChI=1S/C25H27N3O5/c1-5-28-15-19(17(2)27-28)21(29)12-10-18-11-13-23(24(14-18)32-4)33-16-25(30)26-20-8-6-7-9-22(20)31-3/h6-15H,5,16H2,1-4H3,(H,26,30)/b12-10+. The van der Waals surface area contributed by atoms with Crippen LogP contribution in [0.5, 0.6) is 17.2 Å². The monoisotopic (exact) mass is 449 g/mol. The SMILES string of the molecule is CCn1cc(C(=O)/C=C/c2ccc(OCC(=O)Nc3ccccc3OC)c(OC)c2)c(C)n1. The molecule has 1 aromatic heterocycles. The van der Waals surface area contributed by atoms with Crippen LogP contribution in [0.4, 0.5) is 5.69 Å². The van der Waals surface area contributed by atoms with Crippen molar-refractivity contribution in [2.24, 2.45) is 0 Å². The van der Waals surface area contributed by atoms with E-state index in [0.717, 1.165) is 5.56 Å². The van der Waals surface area contributed by atoms with Crippen molar-refractivity contribution < 1.29 is 23.8 Å². The fraction of sp³-hybridized carbons (Fsp3) is 0.240. The Hall–Kier alpha value is -4.07. The molecule has 33 heavy (non-hydrogen) atoms. The Kier molecular flexibility index (Phi) is 7.86. The van der Waals surface area contributed by atoms with E-state index in [9.17, 15) is 9.59 Å². The van der Waals surface area contributed by atoms with Gasteiger partial charge in [0, 0.05) is 12.7 Å². The summed E-state index contributed by atoms with van der Waals surface area (Å²) in [6.07, 6.45) is 4.95. The number of hydrogen-bond donors (Lipinski definition) is 1. The molecule has 0 unspecified atom stereocenters. The maximum absolute atomic E-state index is 12.5. The highest BCUT2D eigenvalue weighted by Gasteiger charge is 2.12. The number of nitrogens with zero attached hydrogens (tertiary/aromatic N) is 2. The first-order valence-electron chi connectivity index (χ1n) is 10.4. The van der Waals surface area contributed by atoms with Crippen LogP contribution in [0.25, 0.3) is 6.08 Å². The first-order valence-corrected chi connectivity index (χ1v) is 10.4. The third-order valence-corrected chi connectivity index (χ3v) is 4.89. The van der Waals surface area contributed by atoms with Crippen LogP contribution in [-0.4, -0.2) is 42.3 Å². The van der Waals surface area contributed by atoms with Gasteiger partial charge in [0.1, 0.15) is 5.75 Å². The second-order valence-electron chi connectivity index (χ2n) is 7.13. The normalized spacial score (nSPS) is 10.8. The van der Waals surface area contributed by atoms with E-state index in [1.807, 2.05) is 19.9 Å². The van der Waals surface area contributed by atoms with E-state index < -0.39 is 0 Å². The Bertz CT molecular complexity index is 1170. The average molecular weight is 450 g/mol. The van der Waals surface area contributed by atoms with Crippen LogP contribution in [0.2, 0.25) is 0 Å². The molecule has 2 aromatic carbocycles. The van der Waals surface area contributed by atoms with E-state index in [-0.39, 0.29) is 18.3 Å². The molecule has 0 radical (unpaired) electrons. The van der Waals surface area contributed by atoms with Crippen molar-refractivity contribution in [1.29, 1.82) is 0 Å². The fourth-order valence-corrected chi connectivity index (χ4v) is 3.17. The maximum atomic E-state index is 12.5. The molecule has 172 valence electrons. The number of amides is 1. The quantitative estimate of drug-likeness (QED) is 0.369. The molecule has 0 fully saturated rings. The molecule has 3 aromatic rings. The molecule has 1 N–H and O–H groups in total. The molecule has 8 heteroatoms. The van der Waals surface area contributed by atoms with Crippen LogP contribution in [0, 0.1) is 6.92 Å². The molecule has 0 saturated heterocycles. The molecule has 1 heterocycles. The first kappa shape index (κ1) is 23.6. The summed E-state index contributed by atoms with van der Waals surface area (Å²) in [5, 5.41) is 7.05. The largest absolute Gasteiger partial charge is 0.495 e. The number of anilines is 1. The van der Waals surface area contributed by atoms with Gasteiger partial charge in [-0.05, 0) is 49.8 Å². The van der Waals surface area contributed by atoms with Crippen LogP contribution >= 0.6 is 0 Å². The second-order valence-corrected chi connectivity index (χ2v) is 7.13. The molecule has 8 nitrogen and oxygen atoms in total. The van der Waals surface area contributed by atoms with Crippen molar-refractivity contribution in [3.8, 4) is 17.2 Å². The van der Waals surface area contributed by atoms with Crippen LogP contribution in [-0.2, 0) is 11.3 Å². The number of aromatic nitrogens is 2. The van der Waals surface area contributed by atoms with Crippen molar-refractivity contribution >= 4 is 23.5 Å². The number of carbonyl (C=O) groups is 2. The Labute approximate surface area is 192 Å². The number of benzene rings is 2. The molecule has 0 aliphatic carbocycles. The summed E-state index contributed by atoms with van der Waals surface area (Å²) in [6, 6.07) is 12.3. The van der Waals surface area contributed by atoms with Gasteiger partial charge in [0.15, 0.2) is 23.9 Å². The zero-order chi connectivity index (χ0) is 23.8. The Morgan fingerprint density at radius 1 is 1.06 bits per heavy atom. The maximum Gasteiger partial charge on any atom is 0.262 e. The van der Waals surface area contributed by atoms with Crippen molar-refractivity contribution in [2.75, 3.05) is 26.1 Å². The minimum atomic E-state index is -0.334. The third kappa shape index (κ3) is 6.00. The van der Waals surface area contributed by atoms with Crippen LogP contribution in [0.15, 0.2) is 54.7 Å². The van der Waals surface area contributed by atoms with E-state index in [4.69, 9.17) is 14.2 Å². The van der Waals surface area contributed by atoms with E-state index in [2.05, 4.69) is 10.4 Å². The van der Waals surface area contributed by atoms with Crippen molar-refractivity contribution in [2.45, 2.75) is 20.4 Å². The van der Waals surface area contributed by atoms with Gasteiger partial charge in [0.25, 0.3) is 5.91 Å². The van der Waals surface area contributed by atoms with Gasteiger partial charge in [0.2, 0.25) is 0 Å². The van der Waals surface area contributed by atoms with Gasteiger partial charge in [-0.15, -0.1) is 0 Å². The molecule has 0 atom stereocenters. The number of ether oxygens (including phenoxy) is 3. The number of nitrogens with one attached hydrogen (secondary N) is 1. The average Bonchev–Trinajstić information content (AvgIpc) is 3.22. The predicted molar refractivity (Wildman–Crippen MR) is 126 cm³/mol. The fourth-order valence-electron chi connectivity index (χ4n) is 3.17. The van der Waals surface area contributed by atoms with E-state index in [0.29, 0.717) is 40.7 Å². The van der Waals surface area contributed by atoms with Gasteiger partial charge in [0.05, 0.1) is 31.2 Å². The highest BCUT2D eigenvalue weighted by Crippen LogP contribution is 2.29. The number of aryl methyl sites for hydroxylation is 2. The lowest BCUT2D eigenvalue weighted by Crippen LogP contribution is -2.20. The molecule has 0 spiro atoms. The number of para-hydroxylation sites is 2. The lowest BCUT2D eigenvalue weighted by atomic mass is 10.1. The Morgan fingerprint density at radius 2 is 1.82 bits per heavy atom. The van der Waals surface area contributed by atoms with E-state index >= 15 is 0 Å². The third-order valence-electron chi connectivity index (χ3n) is 4.89. The van der Waals surface area contributed by atoms with Crippen LogP contribution in [0.1, 0.15) is 28.5 Å². The summed E-state index contributed by atoms with van der Waals surface area (Å²) < 4.78 is 18.0. The van der Waals surface area contributed by atoms with Crippen LogP contribution < -0.4 is 19.5 Å². The van der Waals surface area contributed by atoms with Gasteiger partial charge >= 0.3 is 0 Å². The van der Waals surface area contributed by atoms with E-state index in [1.54, 1.807) is 53.4 Å². The topological polar surface area (TPSA) is 91.7 Å². The molecule has 0 saturated carbocycles. The predicted octanol–water partition coefficient (Wildman–Crippen LogP) is 4.14. The number of rotatable bonds is 10. The number of allylic oxidation sites excluding steroid dienone is 1. The summed E-state index contributed by atoms with van der Waals surface area (Å²) in [5.74, 6) is 0.964. The first-order chi connectivity index (χ1) is 15.9.